The Morgan fingerprint density at radius 3 is 2.39 bits per heavy atom. The van der Waals surface area contributed by atoms with Crippen LogP contribution in [0.1, 0.15) is 71.6 Å². The van der Waals surface area contributed by atoms with Crippen molar-refractivity contribution in [1.82, 2.24) is 4.90 Å². The van der Waals surface area contributed by atoms with Gasteiger partial charge in [0.1, 0.15) is 0 Å². The molecule has 0 heterocycles. The molecule has 2 atom stereocenters. The van der Waals surface area contributed by atoms with Gasteiger partial charge in [0.15, 0.2) is 0 Å². The first kappa shape index (κ1) is 14.3. The second-order valence-corrected chi connectivity index (χ2v) is 6.69. The minimum absolute atomic E-state index is 0.328. The quantitative estimate of drug-likeness (QED) is 0.775. The van der Waals surface area contributed by atoms with Crippen molar-refractivity contribution in [3.8, 4) is 0 Å². The lowest BCUT2D eigenvalue weighted by molar-refractivity contribution is 0.0412. The summed E-state index contributed by atoms with van der Waals surface area (Å²) in [6, 6.07) is 0.826. The van der Waals surface area contributed by atoms with Crippen LogP contribution in [0.2, 0.25) is 0 Å². The Morgan fingerprint density at radius 1 is 1.06 bits per heavy atom. The molecular weight excluding hydrogens is 220 g/mol. The van der Waals surface area contributed by atoms with Gasteiger partial charge < -0.3 is 5.73 Å². The molecule has 0 aromatic carbocycles. The van der Waals surface area contributed by atoms with Gasteiger partial charge in [-0.25, -0.2) is 0 Å². The fourth-order valence-corrected chi connectivity index (χ4v) is 4.37. The van der Waals surface area contributed by atoms with Crippen LogP contribution in [0.5, 0.6) is 0 Å². The Bertz CT molecular complexity index is 247. The van der Waals surface area contributed by atoms with Gasteiger partial charge >= 0.3 is 0 Å². The van der Waals surface area contributed by atoms with E-state index in [1.165, 1.54) is 64.3 Å². The van der Waals surface area contributed by atoms with E-state index in [0.717, 1.165) is 18.5 Å². The smallest absolute Gasteiger partial charge is 0.0334 e. The number of rotatable bonds is 4. The third-order valence-corrected chi connectivity index (χ3v) is 5.54. The highest BCUT2D eigenvalue weighted by Crippen LogP contribution is 2.38. The summed E-state index contributed by atoms with van der Waals surface area (Å²) in [5.41, 5.74) is 6.58. The van der Waals surface area contributed by atoms with Crippen molar-refractivity contribution in [2.45, 2.75) is 83.2 Å². The van der Waals surface area contributed by atoms with Gasteiger partial charge in [-0.2, -0.15) is 0 Å². The third kappa shape index (κ3) is 2.91. The number of nitrogens with two attached hydrogens (primary N) is 1. The molecular formula is C16H32N2. The summed E-state index contributed by atoms with van der Waals surface area (Å²) in [7, 11) is 0. The average molecular weight is 252 g/mol. The van der Waals surface area contributed by atoms with Crippen LogP contribution in [0.4, 0.5) is 0 Å². The molecule has 0 radical (unpaired) electrons. The second-order valence-electron chi connectivity index (χ2n) is 6.69. The van der Waals surface area contributed by atoms with E-state index in [2.05, 4.69) is 18.7 Å². The zero-order chi connectivity index (χ0) is 13.0. The topological polar surface area (TPSA) is 29.3 Å². The predicted molar refractivity (Wildman–Crippen MR) is 78.7 cm³/mol. The number of nitrogens with zero attached hydrogens (tertiary/aromatic N) is 1. The highest BCUT2D eigenvalue weighted by atomic mass is 15.2. The maximum absolute atomic E-state index is 6.26. The van der Waals surface area contributed by atoms with Crippen LogP contribution in [0.3, 0.4) is 0 Å². The molecule has 2 fully saturated rings. The maximum Gasteiger partial charge on any atom is 0.0334 e. The molecule has 18 heavy (non-hydrogen) atoms. The van der Waals surface area contributed by atoms with Gasteiger partial charge in [0, 0.05) is 18.1 Å². The summed E-state index contributed by atoms with van der Waals surface area (Å²) in [4.78, 5) is 2.80. The van der Waals surface area contributed by atoms with E-state index < -0.39 is 0 Å². The highest BCUT2D eigenvalue weighted by Gasteiger charge is 2.40. The monoisotopic (exact) mass is 252 g/mol. The van der Waals surface area contributed by atoms with Gasteiger partial charge in [0.25, 0.3) is 0 Å². The van der Waals surface area contributed by atoms with Gasteiger partial charge in [-0.1, -0.05) is 39.5 Å². The van der Waals surface area contributed by atoms with Crippen LogP contribution >= 0.6 is 0 Å². The molecule has 0 aliphatic heterocycles. The molecule has 2 aliphatic carbocycles. The van der Waals surface area contributed by atoms with Gasteiger partial charge in [0.05, 0.1) is 0 Å². The molecule has 0 aromatic heterocycles. The summed E-state index contributed by atoms with van der Waals surface area (Å²) in [6.07, 6.45) is 12.5. The van der Waals surface area contributed by atoms with Crippen LogP contribution in [0.25, 0.3) is 0 Å². The van der Waals surface area contributed by atoms with Crippen molar-refractivity contribution in [2.75, 3.05) is 13.1 Å². The van der Waals surface area contributed by atoms with Crippen LogP contribution in [-0.4, -0.2) is 29.6 Å². The van der Waals surface area contributed by atoms with E-state index in [1.54, 1.807) is 0 Å². The van der Waals surface area contributed by atoms with Crippen molar-refractivity contribution in [1.29, 1.82) is 0 Å². The maximum atomic E-state index is 6.26. The highest BCUT2D eigenvalue weighted by molar-refractivity contribution is 4.97. The zero-order valence-corrected chi connectivity index (χ0v) is 12.5. The first-order valence-electron chi connectivity index (χ1n) is 8.18. The normalized spacial score (nSPS) is 35.0. The van der Waals surface area contributed by atoms with E-state index in [0.29, 0.717) is 5.54 Å². The summed E-state index contributed by atoms with van der Waals surface area (Å²) >= 11 is 0. The van der Waals surface area contributed by atoms with Gasteiger partial charge in [-0.15, -0.1) is 0 Å². The molecule has 2 saturated carbocycles. The fraction of sp³-hybridized carbons (Fsp3) is 1.00. The Kier molecular flexibility index (Phi) is 5.08. The van der Waals surface area contributed by atoms with E-state index in [-0.39, 0.29) is 0 Å². The summed E-state index contributed by atoms with van der Waals surface area (Å²) in [6.45, 7) is 6.81. The third-order valence-electron chi connectivity index (χ3n) is 5.54. The lowest BCUT2D eigenvalue weighted by Crippen LogP contribution is -2.57. The predicted octanol–water partition coefficient (Wildman–Crippen LogP) is 3.55. The second kappa shape index (κ2) is 6.38. The number of hydrogen-bond acceptors (Lipinski definition) is 2. The van der Waals surface area contributed by atoms with Crippen molar-refractivity contribution in [2.24, 2.45) is 11.7 Å². The first-order valence-corrected chi connectivity index (χ1v) is 8.18. The standard InChI is InChI=1S/C16H32N2/c1-3-18(15-8-4-5-9-15)16(13-17)11-6-7-14(2)10-12-16/h14-15H,3-13,17H2,1-2H3. The molecule has 2 unspecified atom stereocenters. The van der Waals surface area contributed by atoms with E-state index >= 15 is 0 Å². The van der Waals surface area contributed by atoms with Crippen molar-refractivity contribution < 1.29 is 0 Å². The molecule has 0 bridgehead atoms. The summed E-state index contributed by atoms with van der Waals surface area (Å²) in [5.74, 6) is 0.903. The zero-order valence-electron chi connectivity index (χ0n) is 12.5. The van der Waals surface area contributed by atoms with Gasteiger partial charge in [0.2, 0.25) is 0 Å². The van der Waals surface area contributed by atoms with E-state index in [1.807, 2.05) is 0 Å². The largest absolute Gasteiger partial charge is 0.329 e. The van der Waals surface area contributed by atoms with Crippen molar-refractivity contribution in [3.05, 3.63) is 0 Å². The van der Waals surface area contributed by atoms with Crippen LogP contribution in [-0.2, 0) is 0 Å². The molecule has 106 valence electrons. The lowest BCUT2D eigenvalue weighted by atomic mass is 9.86. The first-order chi connectivity index (χ1) is 8.72. The van der Waals surface area contributed by atoms with Crippen LogP contribution in [0.15, 0.2) is 0 Å². The molecule has 2 N–H and O–H groups in total. The Hall–Kier alpha value is -0.0800. The summed E-state index contributed by atoms with van der Waals surface area (Å²) in [5, 5.41) is 0. The Labute approximate surface area is 113 Å². The molecule has 0 aromatic rings. The number of likely N-dealkylation sites (N-methyl/N-ethyl adjacent to an activating group) is 1. The molecule has 2 aliphatic rings. The van der Waals surface area contributed by atoms with Gasteiger partial charge in [-0.05, 0) is 44.6 Å². The fourth-order valence-electron chi connectivity index (χ4n) is 4.37. The Morgan fingerprint density at radius 2 is 1.78 bits per heavy atom. The van der Waals surface area contributed by atoms with E-state index in [9.17, 15) is 0 Å². The van der Waals surface area contributed by atoms with Crippen LogP contribution < -0.4 is 5.73 Å². The molecule has 2 rings (SSSR count). The minimum Gasteiger partial charge on any atom is -0.329 e. The number of hydrogen-bond donors (Lipinski definition) is 1. The minimum atomic E-state index is 0.328. The Balaban J connectivity index is 2.12. The molecule has 2 nitrogen and oxygen atoms in total. The van der Waals surface area contributed by atoms with Crippen molar-refractivity contribution >= 4 is 0 Å². The molecule has 0 spiro atoms. The summed E-state index contributed by atoms with van der Waals surface area (Å²) < 4.78 is 0. The molecule has 0 amide bonds. The van der Waals surface area contributed by atoms with Crippen molar-refractivity contribution in [3.63, 3.8) is 0 Å². The molecule has 2 heteroatoms. The average Bonchev–Trinajstić information content (AvgIpc) is 2.83. The van der Waals surface area contributed by atoms with Crippen LogP contribution in [0, 0.1) is 5.92 Å². The lowest BCUT2D eigenvalue weighted by Gasteiger charge is -2.46. The van der Waals surface area contributed by atoms with E-state index in [4.69, 9.17) is 5.73 Å². The van der Waals surface area contributed by atoms with Gasteiger partial charge in [-0.3, -0.25) is 4.90 Å². The SMILES string of the molecule is CCN(C1CCCC1)C1(CN)CCCC(C)CC1. The molecule has 0 saturated heterocycles.